The first-order valence-electron chi connectivity index (χ1n) is 9.67. The maximum Gasteiger partial charge on any atom is 0.326 e. The van der Waals surface area contributed by atoms with Gasteiger partial charge in [0.2, 0.25) is 5.88 Å². The van der Waals surface area contributed by atoms with Gasteiger partial charge in [0.15, 0.2) is 5.78 Å². The number of rotatable bonds is 7. The van der Waals surface area contributed by atoms with Crippen molar-refractivity contribution in [2.24, 2.45) is 5.41 Å². The van der Waals surface area contributed by atoms with E-state index in [0.29, 0.717) is 21.8 Å². The molecule has 0 bridgehead atoms. The van der Waals surface area contributed by atoms with Gasteiger partial charge in [-0.15, -0.1) is 0 Å². The molecule has 158 valence electrons. The Hall–Kier alpha value is -3.26. The van der Waals surface area contributed by atoms with Crippen molar-refractivity contribution >= 4 is 38.5 Å². The van der Waals surface area contributed by atoms with Crippen LogP contribution in [0.4, 0.5) is 0 Å². The minimum atomic E-state index is -0.990. The zero-order valence-corrected chi connectivity index (χ0v) is 18.5. The molecule has 4 rings (SSSR count). The van der Waals surface area contributed by atoms with Crippen molar-refractivity contribution in [3.8, 4) is 11.6 Å². The van der Waals surface area contributed by atoms with Crippen LogP contribution in [0.25, 0.3) is 10.8 Å². The van der Waals surface area contributed by atoms with Crippen molar-refractivity contribution in [1.29, 1.82) is 0 Å². The number of nitrogens with zero attached hydrogens (tertiary/aromatic N) is 2. The Balaban J connectivity index is 1.48. The number of aliphatic carboxylic acids is 1. The van der Waals surface area contributed by atoms with Crippen LogP contribution in [0.5, 0.6) is 11.6 Å². The third-order valence-corrected chi connectivity index (χ3v) is 6.09. The quantitative estimate of drug-likeness (QED) is 0.520. The molecule has 1 atom stereocenters. The number of carboxylic acids is 1. The zero-order valence-electron chi connectivity index (χ0n) is 16.9. The largest absolute Gasteiger partial charge is 0.480 e. The summed E-state index contributed by atoms with van der Waals surface area (Å²) in [6.45, 7) is 3.54. The molecule has 0 saturated heterocycles. The number of carbonyl (C=O) groups excluding carboxylic acids is 1. The summed E-state index contributed by atoms with van der Waals surface area (Å²) in [5.74, 6) is 0.00864. The number of pyridine rings is 2. The van der Waals surface area contributed by atoms with Gasteiger partial charge in [0.25, 0.3) is 0 Å². The first-order valence-corrected chi connectivity index (χ1v) is 10.5. The average molecular weight is 482 g/mol. The Labute approximate surface area is 187 Å². The number of ketones is 1. The maximum atomic E-state index is 12.0. The zero-order chi connectivity index (χ0) is 22.2. The molecule has 0 aliphatic heterocycles. The lowest BCUT2D eigenvalue weighted by Gasteiger charge is -2.38. The van der Waals surface area contributed by atoms with Crippen molar-refractivity contribution in [2.75, 3.05) is 0 Å². The predicted octanol–water partition coefficient (Wildman–Crippen LogP) is 4.22. The van der Waals surface area contributed by atoms with Gasteiger partial charge in [-0.05, 0) is 65.0 Å². The summed E-state index contributed by atoms with van der Waals surface area (Å²) in [5, 5.41) is 14.4. The van der Waals surface area contributed by atoms with Gasteiger partial charge in [-0.3, -0.25) is 9.78 Å². The fraction of sp³-hybridized carbons (Fsp3) is 0.217. The molecule has 0 saturated carbocycles. The van der Waals surface area contributed by atoms with Crippen molar-refractivity contribution in [1.82, 2.24) is 15.3 Å². The average Bonchev–Trinajstić information content (AvgIpc) is 2.77. The lowest BCUT2D eigenvalue weighted by atomic mass is 9.74. The molecule has 8 heteroatoms. The number of carbonyl (C=O) groups is 2. The number of nitrogens with one attached hydrogen (secondary N) is 1. The summed E-state index contributed by atoms with van der Waals surface area (Å²) in [4.78, 5) is 32.2. The van der Waals surface area contributed by atoms with E-state index in [1.807, 2.05) is 24.3 Å². The molecule has 0 fully saturated rings. The SMILES string of the molecule is CC1(C)C(=O)C(Br)=C1N[C@@H](Cc1ccc(Oc2nccc3ccncc23)cc1)C(=O)O. The molecule has 0 amide bonds. The summed E-state index contributed by atoms with van der Waals surface area (Å²) < 4.78 is 6.32. The molecule has 1 aliphatic rings. The third-order valence-electron chi connectivity index (χ3n) is 5.34. The normalized spacial score (nSPS) is 16.0. The van der Waals surface area contributed by atoms with E-state index < -0.39 is 17.4 Å². The summed E-state index contributed by atoms with van der Waals surface area (Å²) >= 11 is 3.24. The standard InChI is InChI=1S/C23H20BrN3O4/c1-23(2)19(18(24)20(23)28)27-17(22(29)30)11-13-3-5-15(6-4-13)31-21-16-12-25-9-7-14(16)8-10-26-21/h3-10,12,17,27H,11H2,1-2H3,(H,29,30)/t17-/m0/s1. The summed E-state index contributed by atoms with van der Waals surface area (Å²) in [7, 11) is 0. The molecular formula is C23H20BrN3O4. The highest BCUT2D eigenvalue weighted by Crippen LogP contribution is 2.43. The van der Waals surface area contributed by atoms with E-state index in [9.17, 15) is 14.7 Å². The molecule has 0 unspecified atom stereocenters. The maximum absolute atomic E-state index is 12.0. The van der Waals surface area contributed by atoms with Gasteiger partial charge in [0.05, 0.1) is 15.3 Å². The number of hydrogen-bond donors (Lipinski definition) is 2. The monoisotopic (exact) mass is 481 g/mol. The molecule has 2 aromatic heterocycles. The number of allylic oxidation sites excluding steroid dienone is 2. The van der Waals surface area contributed by atoms with Crippen molar-refractivity contribution < 1.29 is 19.4 Å². The van der Waals surface area contributed by atoms with Crippen molar-refractivity contribution in [2.45, 2.75) is 26.3 Å². The van der Waals surface area contributed by atoms with Crippen LogP contribution in [0.1, 0.15) is 19.4 Å². The van der Waals surface area contributed by atoms with Crippen LogP contribution in [0, 0.1) is 5.41 Å². The molecular weight excluding hydrogens is 462 g/mol. The number of Topliss-reactive ketones (excluding diaryl/α,β-unsaturated/α-hetero) is 1. The van der Waals surface area contributed by atoms with E-state index >= 15 is 0 Å². The van der Waals surface area contributed by atoms with Crippen LogP contribution in [0.15, 0.2) is 65.2 Å². The van der Waals surface area contributed by atoms with Gasteiger partial charge in [-0.25, -0.2) is 9.78 Å². The van der Waals surface area contributed by atoms with Crippen LogP contribution in [0.3, 0.4) is 0 Å². The smallest absolute Gasteiger partial charge is 0.326 e. The second-order valence-corrected chi connectivity index (χ2v) is 8.63. The van der Waals surface area contributed by atoms with Crippen LogP contribution >= 0.6 is 15.9 Å². The summed E-state index contributed by atoms with van der Waals surface area (Å²) in [6.07, 6.45) is 5.34. The highest BCUT2D eigenvalue weighted by Gasteiger charge is 2.46. The first-order chi connectivity index (χ1) is 14.8. The molecule has 31 heavy (non-hydrogen) atoms. The lowest BCUT2D eigenvalue weighted by molar-refractivity contribution is -0.139. The van der Waals surface area contributed by atoms with Crippen molar-refractivity contribution in [3.63, 3.8) is 0 Å². The molecule has 0 radical (unpaired) electrons. The number of benzene rings is 1. The Morgan fingerprint density at radius 2 is 1.90 bits per heavy atom. The van der Waals surface area contributed by atoms with E-state index in [-0.39, 0.29) is 12.2 Å². The Morgan fingerprint density at radius 1 is 1.19 bits per heavy atom. The highest BCUT2D eigenvalue weighted by atomic mass is 79.9. The fourth-order valence-corrected chi connectivity index (χ4v) is 4.54. The Morgan fingerprint density at radius 3 is 2.58 bits per heavy atom. The van der Waals surface area contributed by atoms with Gasteiger partial charge in [0.1, 0.15) is 11.8 Å². The minimum absolute atomic E-state index is 0.0436. The van der Waals surface area contributed by atoms with E-state index in [2.05, 4.69) is 31.2 Å². The second kappa shape index (κ2) is 8.11. The number of hydrogen-bond acceptors (Lipinski definition) is 6. The van der Waals surface area contributed by atoms with Gasteiger partial charge in [-0.1, -0.05) is 12.1 Å². The van der Waals surface area contributed by atoms with Crippen LogP contribution in [-0.4, -0.2) is 32.9 Å². The van der Waals surface area contributed by atoms with Crippen molar-refractivity contribution in [3.05, 3.63) is 70.7 Å². The summed E-state index contributed by atoms with van der Waals surface area (Å²) in [5.41, 5.74) is 0.713. The predicted molar refractivity (Wildman–Crippen MR) is 119 cm³/mol. The Bertz CT molecular complexity index is 1200. The first kappa shape index (κ1) is 21.0. The van der Waals surface area contributed by atoms with Crippen LogP contribution in [-0.2, 0) is 16.0 Å². The highest BCUT2D eigenvalue weighted by molar-refractivity contribution is 9.12. The third kappa shape index (κ3) is 4.03. The van der Waals surface area contributed by atoms with Crippen LogP contribution < -0.4 is 10.1 Å². The van der Waals surface area contributed by atoms with Gasteiger partial charge >= 0.3 is 5.97 Å². The molecule has 0 spiro atoms. The minimum Gasteiger partial charge on any atom is -0.480 e. The van der Waals surface area contributed by atoms with Gasteiger partial charge in [-0.2, -0.15) is 0 Å². The number of carboxylic acid groups (broad SMARTS) is 1. The number of halogens is 1. The van der Waals surface area contributed by atoms with Crippen LogP contribution in [0.2, 0.25) is 0 Å². The number of ether oxygens (including phenoxy) is 1. The molecule has 2 heterocycles. The van der Waals surface area contributed by atoms with E-state index in [4.69, 9.17) is 4.74 Å². The van der Waals surface area contributed by atoms with E-state index in [1.165, 1.54) is 0 Å². The molecule has 1 aliphatic carbocycles. The van der Waals surface area contributed by atoms with E-state index in [0.717, 1.165) is 16.3 Å². The molecule has 2 N–H and O–H groups in total. The number of fused-ring (bicyclic) bond motifs is 1. The fourth-order valence-electron chi connectivity index (χ4n) is 3.44. The number of aromatic nitrogens is 2. The van der Waals surface area contributed by atoms with E-state index in [1.54, 1.807) is 44.6 Å². The molecule has 7 nitrogen and oxygen atoms in total. The topological polar surface area (TPSA) is 101 Å². The molecule has 1 aromatic carbocycles. The molecule has 3 aromatic rings. The summed E-state index contributed by atoms with van der Waals surface area (Å²) in [6, 6.07) is 10.1. The van der Waals surface area contributed by atoms with Gasteiger partial charge < -0.3 is 15.2 Å². The lowest BCUT2D eigenvalue weighted by Crippen LogP contribution is -2.50. The van der Waals surface area contributed by atoms with Gasteiger partial charge in [0, 0.05) is 30.7 Å². The Kier molecular flexibility index (Phi) is 5.49. The second-order valence-electron chi connectivity index (χ2n) is 7.84.